The molecule has 0 aromatic heterocycles. The van der Waals surface area contributed by atoms with E-state index in [4.69, 9.17) is 0 Å². The fourth-order valence-corrected chi connectivity index (χ4v) is 1.89. The van der Waals surface area contributed by atoms with Crippen molar-refractivity contribution in [2.75, 3.05) is 13.1 Å². The van der Waals surface area contributed by atoms with Gasteiger partial charge in [-0.05, 0) is 37.0 Å². The summed E-state index contributed by atoms with van der Waals surface area (Å²) in [7, 11) is 0. The molecule has 1 fully saturated rings. The van der Waals surface area contributed by atoms with E-state index in [9.17, 15) is 22.8 Å². The third-order valence-electron chi connectivity index (χ3n) is 3.21. The first kappa shape index (κ1) is 17.9. The van der Waals surface area contributed by atoms with Gasteiger partial charge in [0.25, 0.3) is 0 Å². The van der Waals surface area contributed by atoms with Gasteiger partial charge in [0, 0.05) is 12.6 Å². The molecule has 0 bridgehead atoms. The summed E-state index contributed by atoms with van der Waals surface area (Å²) >= 11 is 0. The number of hydrogen-bond donors (Lipinski definition) is 3. The molecule has 1 aliphatic carbocycles. The smallest absolute Gasteiger partial charge is 0.406 e. The van der Waals surface area contributed by atoms with Crippen molar-refractivity contribution in [1.82, 2.24) is 16.0 Å². The Labute approximate surface area is 136 Å². The summed E-state index contributed by atoms with van der Waals surface area (Å²) < 4.78 is 39.9. The molecular weight excluding hydrogens is 327 g/mol. The van der Waals surface area contributed by atoms with Crippen LogP contribution < -0.4 is 20.7 Å². The number of amides is 3. The van der Waals surface area contributed by atoms with E-state index in [0.717, 1.165) is 18.4 Å². The molecule has 6 nitrogen and oxygen atoms in total. The van der Waals surface area contributed by atoms with Crippen molar-refractivity contribution in [2.45, 2.75) is 31.7 Å². The van der Waals surface area contributed by atoms with Crippen molar-refractivity contribution in [1.29, 1.82) is 0 Å². The third-order valence-corrected chi connectivity index (χ3v) is 3.21. The van der Waals surface area contributed by atoms with Crippen LogP contribution in [0.25, 0.3) is 0 Å². The molecule has 3 amide bonds. The fraction of sp³-hybridized carbons (Fsp3) is 0.467. The molecule has 3 N–H and O–H groups in total. The number of alkyl halides is 3. The number of rotatable bonds is 7. The Bertz CT molecular complexity index is 572. The lowest BCUT2D eigenvalue weighted by Gasteiger charge is -2.10. The Morgan fingerprint density at radius 2 is 1.79 bits per heavy atom. The van der Waals surface area contributed by atoms with Gasteiger partial charge in [0.15, 0.2) is 0 Å². The SMILES string of the molecule is O=C(CNC(=O)NC1CC1)NCCc1ccc(OC(F)(F)F)cc1. The predicted molar refractivity (Wildman–Crippen MR) is 79.4 cm³/mol. The number of carbonyl (C=O) groups excluding carboxylic acids is 2. The molecule has 1 aromatic rings. The van der Waals surface area contributed by atoms with Crippen molar-refractivity contribution in [3.63, 3.8) is 0 Å². The van der Waals surface area contributed by atoms with Crippen LogP contribution in [0.1, 0.15) is 18.4 Å². The van der Waals surface area contributed by atoms with Crippen molar-refractivity contribution in [3.05, 3.63) is 29.8 Å². The van der Waals surface area contributed by atoms with Gasteiger partial charge in [-0.15, -0.1) is 13.2 Å². The standard InChI is InChI=1S/C15H18F3N3O3/c16-15(17,18)24-12-5-1-10(2-6-12)7-8-19-13(22)9-20-14(23)21-11-3-4-11/h1-2,5-6,11H,3-4,7-9H2,(H,19,22)(H2,20,21,23). The highest BCUT2D eigenvalue weighted by Crippen LogP contribution is 2.22. The van der Waals surface area contributed by atoms with Gasteiger partial charge < -0.3 is 20.7 Å². The molecular formula is C15H18F3N3O3. The lowest BCUT2D eigenvalue weighted by Crippen LogP contribution is -2.43. The van der Waals surface area contributed by atoms with E-state index in [0.29, 0.717) is 13.0 Å². The maximum absolute atomic E-state index is 12.0. The summed E-state index contributed by atoms with van der Waals surface area (Å²) in [4.78, 5) is 22.9. The molecule has 1 saturated carbocycles. The van der Waals surface area contributed by atoms with E-state index in [1.54, 1.807) is 0 Å². The second kappa shape index (κ2) is 7.89. The van der Waals surface area contributed by atoms with E-state index < -0.39 is 6.36 Å². The second-order valence-electron chi connectivity index (χ2n) is 5.39. The van der Waals surface area contributed by atoms with Crippen LogP contribution >= 0.6 is 0 Å². The molecule has 132 valence electrons. The number of halogens is 3. The summed E-state index contributed by atoms with van der Waals surface area (Å²) in [6, 6.07) is 5.27. The maximum atomic E-state index is 12.0. The number of urea groups is 1. The van der Waals surface area contributed by atoms with Crippen molar-refractivity contribution >= 4 is 11.9 Å². The van der Waals surface area contributed by atoms with Gasteiger partial charge in [0.2, 0.25) is 5.91 Å². The Hall–Kier alpha value is -2.45. The van der Waals surface area contributed by atoms with Crippen LogP contribution in [-0.2, 0) is 11.2 Å². The second-order valence-corrected chi connectivity index (χ2v) is 5.39. The van der Waals surface area contributed by atoms with Crippen molar-refractivity contribution < 1.29 is 27.5 Å². The topological polar surface area (TPSA) is 79.5 Å². The van der Waals surface area contributed by atoms with Crippen LogP contribution in [0.3, 0.4) is 0 Å². The van der Waals surface area contributed by atoms with Gasteiger partial charge in [-0.25, -0.2) is 4.79 Å². The highest BCUT2D eigenvalue weighted by Gasteiger charge is 2.30. The molecule has 0 unspecified atom stereocenters. The zero-order valence-corrected chi connectivity index (χ0v) is 12.8. The van der Waals surface area contributed by atoms with Gasteiger partial charge in [-0.1, -0.05) is 12.1 Å². The number of ether oxygens (including phenoxy) is 1. The zero-order chi connectivity index (χ0) is 17.6. The molecule has 2 rings (SSSR count). The lowest BCUT2D eigenvalue weighted by molar-refractivity contribution is -0.274. The normalized spacial score (nSPS) is 14.0. The van der Waals surface area contributed by atoms with E-state index >= 15 is 0 Å². The number of carbonyl (C=O) groups is 2. The van der Waals surface area contributed by atoms with Crippen LogP contribution in [0.5, 0.6) is 5.75 Å². The van der Waals surface area contributed by atoms with Crippen molar-refractivity contribution in [3.8, 4) is 5.75 Å². The van der Waals surface area contributed by atoms with E-state index in [-0.39, 0.29) is 30.3 Å². The predicted octanol–water partition coefficient (Wildman–Crippen LogP) is 1.71. The molecule has 0 spiro atoms. The van der Waals surface area contributed by atoms with Crippen LogP contribution in [0.4, 0.5) is 18.0 Å². The average Bonchev–Trinajstić information content (AvgIpc) is 3.29. The number of nitrogens with one attached hydrogen (secondary N) is 3. The minimum Gasteiger partial charge on any atom is -0.406 e. The molecule has 1 aromatic carbocycles. The number of benzene rings is 1. The zero-order valence-electron chi connectivity index (χ0n) is 12.8. The van der Waals surface area contributed by atoms with Crippen LogP contribution in [0, 0.1) is 0 Å². The van der Waals surface area contributed by atoms with Crippen LogP contribution in [0.15, 0.2) is 24.3 Å². The Morgan fingerprint density at radius 3 is 2.38 bits per heavy atom. The first-order valence-electron chi connectivity index (χ1n) is 7.47. The van der Waals surface area contributed by atoms with Crippen LogP contribution in [-0.4, -0.2) is 37.4 Å². The number of hydrogen-bond acceptors (Lipinski definition) is 3. The summed E-state index contributed by atoms with van der Waals surface area (Å²) in [5.74, 6) is -0.626. The molecule has 24 heavy (non-hydrogen) atoms. The molecule has 0 saturated heterocycles. The fourth-order valence-electron chi connectivity index (χ4n) is 1.89. The third kappa shape index (κ3) is 7.21. The highest BCUT2D eigenvalue weighted by molar-refractivity contribution is 5.84. The molecule has 0 heterocycles. The quantitative estimate of drug-likeness (QED) is 0.704. The Kier molecular flexibility index (Phi) is 5.88. The Morgan fingerprint density at radius 1 is 1.12 bits per heavy atom. The average molecular weight is 345 g/mol. The monoisotopic (exact) mass is 345 g/mol. The first-order chi connectivity index (χ1) is 11.3. The molecule has 9 heteroatoms. The van der Waals surface area contributed by atoms with Crippen LogP contribution in [0.2, 0.25) is 0 Å². The van der Waals surface area contributed by atoms with Gasteiger partial charge in [0.1, 0.15) is 5.75 Å². The first-order valence-corrected chi connectivity index (χ1v) is 7.47. The minimum atomic E-state index is -4.71. The van der Waals surface area contributed by atoms with Crippen molar-refractivity contribution in [2.24, 2.45) is 0 Å². The molecule has 0 atom stereocenters. The van der Waals surface area contributed by atoms with E-state index in [2.05, 4.69) is 20.7 Å². The molecule has 1 aliphatic rings. The maximum Gasteiger partial charge on any atom is 0.573 e. The van der Waals surface area contributed by atoms with E-state index in [1.165, 1.54) is 24.3 Å². The summed E-state index contributed by atoms with van der Waals surface area (Å²) in [5.41, 5.74) is 0.754. The Balaban J connectivity index is 1.62. The largest absolute Gasteiger partial charge is 0.573 e. The molecule has 0 radical (unpaired) electrons. The highest BCUT2D eigenvalue weighted by atomic mass is 19.4. The van der Waals surface area contributed by atoms with E-state index in [1.807, 2.05) is 0 Å². The van der Waals surface area contributed by atoms with Gasteiger partial charge >= 0.3 is 12.4 Å². The summed E-state index contributed by atoms with van der Waals surface area (Å²) in [6.07, 6.45) is -2.33. The lowest BCUT2D eigenvalue weighted by atomic mass is 10.1. The van der Waals surface area contributed by atoms with Gasteiger partial charge in [-0.3, -0.25) is 4.79 Å². The van der Waals surface area contributed by atoms with Gasteiger partial charge in [0.05, 0.1) is 6.54 Å². The summed E-state index contributed by atoms with van der Waals surface area (Å²) in [5, 5.41) is 7.75. The summed E-state index contributed by atoms with van der Waals surface area (Å²) in [6.45, 7) is 0.182. The minimum absolute atomic E-state index is 0.128. The molecule has 0 aliphatic heterocycles. The van der Waals surface area contributed by atoms with Gasteiger partial charge in [-0.2, -0.15) is 0 Å².